The predicted octanol–water partition coefficient (Wildman–Crippen LogP) is 2.26. The smallest absolute Gasteiger partial charge is 0.239 e. The van der Waals surface area contributed by atoms with Crippen molar-refractivity contribution < 1.29 is 4.79 Å². The standard InChI is InChI=1S/C15H30N4O.HI/c1-6-15(8-7-9-15)11-18-13(16-5)17-10-12(20)19-14(2,3)4;/h6-11H2,1-5H3,(H,19,20)(H2,16,17,18);1H. The van der Waals surface area contributed by atoms with Gasteiger partial charge in [-0.3, -0.25) is 9.79 Å². The van der Waals surface area contributed by atoms with Gasteiger partial charge in [0, 0.05) is 19.1 Å². The molecular weight excluding hydrogens is 379 g/mol. The first-order valence-electron chi connectivity index (χ1n) is 7.56. The second kappa shape index (κ2) is 8.80. The molecule has 0 saturated heterocycles. The molecule has 1 aliphatic rings. The van der Waals surface area contributed by atoms with Gasteiger partial charge in [-0.2, -0.15) is 0 Å². The molecule has 0 radical (unpaired) electrons. The molecule has 0 atom stereocenters. The zero-order chi connectivity index (χ0) is 15.2. The third-order valence-electron chi connectivity index (χ3n) is 3.95. The Hall–Kier alpha value is -0.530. The molecule has 0 aliphatic heterocycles. The van der Waals surface area contributed by atoms with Gasteiger partial charge in [-0.05, 0) is 45.4 Å². The highest BCUT2D eigenvalue weighted by Crippen LogP contribution is 2.42. The lowest BCUT2D eigenvalue weighted by molar-refractivity contribution is -0.121. The van der Waals surface area contributed by atoms with E-state index in [0.29, 0.717) is 11.4 Å². The highest BCUT2D eigenvalue weighted by molar-refractivity contribution is 14.0. The van der Waals surface area contributed by atoms with E-state index in [1.165, 1.54) is 25.7 Å². The van der Waals surface area contributed by atoms with E-state index in [0.717, 1.165) is 6.54 Å². The van der Waals surface area contributed by atoms with Gasteiger partial charge in [-0.15, -0.1) is 24.0 Å². The van der Waals surface area contributed by atoms with E-state index >= 15 is 0 Å². The molecule has 0 unspecified atom stereocenters. The fourth-order valence-electron chi connectivity index (χ4n) is 2.45. The summed E-state index contributed by atoms with van der Waals surface area (Å²) in [5, 5.41) is 9.32. The number of nitrogens with zero attached hydrogens (tertiary/aromatic N) is 1. The first kappa shape index (κ1) is 20.5. The number of carbonyl (C=O) groups is 1. The predicted molar refractivity (Wildman–Crippen MR) is 99.3 cm³/mol. The Morgan fingerprint density at radius 3 is 2.24 bits per heavy atom. The van der Waals surface area contributed by atoms with Gasteiger partial charge < -0.3 is 16.0 Å². The van der Waals surface area contributed by atoms with Crippen molar-refractivity contribution in [3.05, 3.63) is 0 Å². The van der Waals surface area contributed by atoms with Crippen LogP contribution >= 0.6 is 24.0 Å². The average Bonchev–Trinajstić information content (AvgIpc) is 2.29. The van der Waals surface area contributed by atoms with E-state index in [2.05, 4.69) is 27.9 Å². The number of nitrogens with one attached hydrogen (secondary N) is 3. The van der Waals surface area contributed by atoms with Crippen LogP contribution in [0.25, 0.3) is 0 Å². The Balaban J connectivity index is 0.00000400. The van der Waals surface area contributed by atoms with Gasteiger partial charge in [0.25, 0.3) is 0 Å². The van der Waals surface area contributed by atoms with Crippen LogP contribution in [-0.2, 0) is 4.79 Å². The molecule has 0 heterocycles. The summed E-state index contributed by atoms with van der Waals surface area (Å²) in [4.78, 5) is 15.9. The van der Waals surface area contributed by atoms with Crippen LogP contribution in [-0.4, -0.2) is 37.5 Å². The van der Waals surface area contributed by atoms with Crippen molar-refractivity contribution in [1.29, 1.82) is 0 Å². The first-order valence-corrected chi connectivity index (χ1v) is 7.56. The quantitative estimate of drug-likeness (QED) is 0.370. The van der Waals surface area contributed by atoms with Crippen molar-refractivity contribution in [2.45, 2.75) is 58.9 Å². The zero-order valence-electron chi connectivity index (χ0n) is 14.0. The second-order valence-electron chi connectivity index (χ2n) is 6.78. The first-order chi connectivity index (χ1) is 9.30. The summed E-state index contributed by atoms with van der Waals surface area (Å²) in [6.45, 7) is 9.34. The fraction of sp³-hybridized carbons (Fsp3) is 0.867. The molecule has 0 aromatic rings. The van der Waals surface area contributed by atoms with Crippen LogP contribution in [0.3, 0.4) is 0 Å². The summed E-state index contributed by atoms with van der Waals surface area (Å²) < 4.78 is 0. The Morgan fingerprint density at radius 1 is 1.24 bits per heavy atom. The molecule has 0 bridgehead atoms. The van der Waals surface area contributed by atoms with Gasteiger partial charge in [0.1, 0.15) is 0 Å². The van der Waals surface area contributed by atoms with Crippen molar-refractivity contribution in [3.8, 4) is 0 Å². The summed E-state index contributed by atoms with van der Waals surface area (Å²) in [5.74, 6) is 0.683. The number of carbonyl (C=O) groups excluding carboxylic acids is 1. The molecular formula is C15H31IN4O. The SMILES string of the molecule is CCC1(CNC(=NC)NCC(=O)NC(C)(C)C)CCC1.I. The van der Waals surface area contributed by atoms with E-state index in [1.54, 1.807) is 7.05 Å². The van der Waals surface area contributed by atoms with E-state index in [-0.39, 0.29) is 42.0 Å². The van der Waals surface area contributed by atoms with Gasteiger partial charge >= 0.3 is 0 Å². The lowest BCUT2D eigenvalue weighted by atomic mass is 9.67. The Labute approximate surface area is 146 Å². The Bertz CT molecular complexity index is 354. The Kier molecular flexibility index (Phi) is 8.58. The number of hydrogen-bond donors (Lipinski definition) is 3. The van der Waals surface area contributed by atoms with Gasteiger partial charge in [-0.25, -0.2) is 0 Å². The lowest BCUT2D eigenvalue weighted by Crippen LogP contribution is -2.50. The summed E-state index contributed by atoms with van der Waals surface area (Å²) in [6, 6.07) is 0. The maximum absolute atomic E-state index is 11.7. The van der Waals surface area contributed by atoms with Crippen molar-refractivity contribution in [3.63, 3.8) is 0 Å². The number of aliphatic imine (C=N–C) groups is 1. The van der Waals surface area contributed by atoms with Crippen LogP contribution in [0.2, 0.25) is 0 Å². The zero-order valence-corrected chi connectivity index (χ0v) is 16.3. The van der Waals surface area contributed by atoms with Crippen LogP contribution in [0, 0.1) is 5.41 Å². The van der Waals surface area contributed by atoms with Gasteiger partial charge in [-0.1, -0.05) is 13.3 Å². The summed E-state index contributed by atoms with van der Waals surface area (Å²) in [7, 11) is 1.73. The largest absolute Gasteiger partial charge is 0.356 e. The van der Waals surface area contributed by atoms with Crippen LogP contribution in [0.1, 0.15) is 53.4 Å². The molecule has 3 N–H and O–H groups in total. The van der Waals surface area contributed by atoms with Gasteiger partial charge in [0.2, 0.25) is 5.91 Å². The maximum Gasteiger partial charge on any atom is 0.239 e. The molecule has 1 amide bonds. The molecule has 1 rings (SSSR count). The normalized spacial score (nSPS) is 17.3. The maximum atomic E-state index is 11.7. The number of halogens is 1. The van der Waals surface area contributed by atoms with Crippen molar-refractivity contribution in [2.75, 3.05) is 20.1 Å². The van der Waals surface area contributed by atoms with Crippen LogP contribution < -0.4 is 16.0 Å². The van der Waals surface area contributed by atoms with E-state index in [1.807, 2.05) is 20.8 Å². The molecule has 0 aromatic carbocycles. The number of guanidine groups is 1. The van der Waals surface area contributed by atoms with Crippen LogP contribution in [0.4, 0.5) is 0 Å². The highest BCUT2D eigenvalue weighted by Gasteiger charge is 2.34. The highest BCUT2D eigenvalue weighted by atomic mass is 127. The van der Waals surface area contributed by atoms with Gasteiger partial charge in [0.05, 0.1) is 6.54 Å². The third-order valence-corrected chi connectivity index (χ3v) is 3.95. The molecule has 6 heteroatoms. The molecule has 1 aliphatic carbocycles. The monoisotopic (exact) mass is 410 g/mol. The van der Waals surface area contributed by atoms with Crippen molar-refractivity contribution >= 4 is 35.8 Å². The van der Waals surface area contributed by atoms with Gasteiger partial charge in [0.15, 0.2) is 5.96 Å². The topological polar surface area (TPSA) is 65.5 Å². The number of amides is 1. The number of rotatable bonds is 5. The van der Waals surface area contributed by atoms with Crippen molar-refractivity contribution in [2.24, 2.45) is 10.4 Å². The van der Waals surface area contributed by atoms with E-state index < -0.39 is 0 Å². The minimum atomic E-state index is -0.200. The molecule has 1 fully saturated rings. The summed E-state index contributed by atoms with van der Waals surface area (Å²) in [6.07, 6.45) is 5.10. The summed E-state index contributed by atoms with van der Waals surface area (Å²) in [5.41, 5.74) is 0.235. The Morgan fingerprint density at radius 2 is 1.86 bits per heavy atom. The molecule has 0 aromatic heterocycles. The van der Waals surface area contributed by atoms with Crippen LogP contribution in [0.15, 0.2) is 4.99 Å². The van der Waals surface area contributed by atoms with Crippen molar-refractivity contribution in [1.82, 2.24) is 16.0 Å². The minimum Gasteiger partial charge on any atom is -0.356 e. The van der Waals surface area contributed by atoms with E-state index in [9.17, 15) is 4.79 Å². The lowest BCUT2D eigenvalue weighted by Gasteiger charge is -2.41. The summed E-state index contributed by atoms with van der Waals surface area (Å²) >= 11 is 0. The molecule has 1 saturated carbocycles. The number of hydrogen-bond acceptors (Lipinski definition) is 2. The van der Waals surface area contributed by atoms with Crippen LogP contribution in [0.5, 0.6) is 0 Å². The molecule has 21 heavy (non-hydrogen) atoms. The third kappa shape index (κ3) is 7.33. The second-order valence-corrected chi connectivity index (χ2v) is 6.78. The average molecular weight is 410 g/mol. The fourth-order valence-corrected chi connectivity index (χ4v) is 2.45. The molecule has 0 spiro atoms. The minimum absolute atomic E-state index is 0. The van der Waals surface area contributed by atoms with E-state index in [4.69, 9.17) is 0 Å². The molecule has 124 valence electrons. The molecule has 5 nitrogen and oxygen atoms in total.